The van der Waals surface area contributed by atoms with Crippen molar-refractivity contribution < 1.29 is 9.53 Å². The molecule has 0 aliphatic rings. The largest absolute Gasteiger partial charge is 0.497 e. The number of carbonyl (C=O) groups excluding carboxylic acids is 1. The molecule has 2 N–H and O–H groups in total. The van der Waals surface area contributed by atoms with Crippen molar-refractivity contribution in [3.8, 4) is 5.75 Å². The van der Waals surface area contributed by atoms with Crippen LogP contribution in [0.25, 0.3) is 0 Å². The molecular formula is C17H18BrNO2. The van der Waals surface area contributed by atoms with Crippen molar-refractivity contribution in [2.24, 2.45) is 5.73 Å². The van der Waals surface area contributed by atoms with Gasteiger partial charge in [0.1, 0.15) is 11.5 Å². The maximum atomic E-state index is 12.6. The Kier molecular flexibility index (Phi) is 5.53. The van der Waals surface area contributed by atoms with Crippen LogP contribution in [0.1, 0.15) is 17.0 Å². The highest BCUT2D eigenvalue weighted by atomic mass is 79.9. The molecule has 0 saturated heterocycles. The topological polar surface area (TPSA) is 52.3 Å². The fourth-order valence-electron chi connectivity index (χ4n) is 2.26. The summed E-state index contributed by atoms with van der Waals surface area (Å²) in [6.45, 7) is 0.310. The minimum atomic E-state index is -0.274. The van der Waals surface area contributed by atoms with Crippen LogP contribution in [0, 0.1) is 0 Å². The quantitative estimate of drug-likeness (QED) is 0.871. The fourth-order valence-corrected chi connectivity index (χ4v) is 2.65. The van der Waals surface area contributed by atoms with E-state index in [1.54, 1.807) is 7.11 Å². The molecular weight excluding hydrogens is 330 g/mol. The van der Waals surface area contributed by atoms with Crippen molar-refractivity contribution in [3.05, 3.63) is 64.1 Å². The average molecular weight is 348 g/mol. The van der Waals surface area contributed by atoms with Gasteiger partial charge in [0.05, 0.1) is 13.0 Å². The molecule has 1 atom stereocenters. The maximum absolute atomic E-state index is 12.6. The van der Waals surface area contributed by atoms with E-state index >= 15 is 0 Å². The van der Waals surface area contributed by atoms with Crippen molar-refractivity contribution >= 4 is 21.7 Å². The van der Waals surface area contributed by atoms with E-state index in [0.717, 1.165) is 21.3 Å². The number of Topliss-reactive ketones (excluding diaryl/α,β-unsaturated/α-hetero) is 1. The van der Waals surface area contributed by atoms with Gasteiger partial charge in [-0.3, -0.25) is 4.79 Å². The van der Waals surface area contributed by atoms with Gasteiger partial charge >= 0.3 is 0 Å². The molecule has 0 aliphatic heterocycles. The third-order valence-electron chi connectivity index (χ3n) is 3.44. The molecule has 2 aromatic carbocycles. The Labute approximate surface area is 133 Å². The minimum Gasteiger partial charge on any atom is -0.497 e. The van der Waals surface area contributed by atoms with Crippen LogP contribution in [0.4, 0.5) is 0 Å². The Bertz CT molecular complexity index is 613. The highest BCUT2D eigenvalue weighted by molar-refractivity contribution is 9.10. The number of hydrogen-bond donors (Lipinski definition) is 1. The molecule has 21 heavy (non-hydrogen) atoms. The van der Waals surface area contributed by atoms with Crippen molar-refractivity contribution in [2.45, 2.75) is 12.3 Å². The standard InChI is InChI=1S/C17H18BrNO2/c1-21-14-7-8-16(18)13(9-14)10-17(20)15(11-19)12-5-3-2-4-6-12/h2-9,15H,10-11,19H2,1H3. The second-order valence-corrected chi connectivity index (χ2v) is 5.65. The molecule has 0 bridgehead atoms. The Morgan fingerprint density at radius 1 is 1.24 bits per heavy atom. The molecule has 0 heterocycles. The number of ketones is 1. The van der Waals surface area contributed by atoms with Gasteiger partial charge in [-0.2, -0.15) is 0 Å². The summed E-state index contributed by atoms with van der Waals surface area (Å²) in [5, 5.41) is 0. The first-order valence-corrected chi connectivity index (χ1v) is 7.55. The maximum Gasteiger partial charge on any atom is 0.146 e. The second kappa shape index (κ2) is 7.38. The fraction of sp³-hybridized carbons (Fsp3) is 0.235. The molecule has 2 rings (SSSR count). The minimum absolute atomic E-state index is 0.109. The second-order valence-electron chi connectivity index (χ2n) is 4.80. The summed E-state index contributed by atoms with van der Waals surface area (Å²) in [5.74, 6) is 0.576. The molecule has 0 radical (unpaired) electrons. The van der Waals surface area contributed by atoms with Crippen molar-refractivity contribution in [3.63, 3.8) is 0 Å². The number of rotatable bonds is 6. The van der Waals surface area contributed by atoms with Gasteiger partial charge in [0.2, 0.25) is 0 Å². The first kappa shape index (κ1) is 15.7. The molecule has 1 unspecified atom stereocenters. The smallest absolute Gasteiger partial charge is 0.146 e. The lowest BCUT2D eigenvalue weighted by atomic mass is 9.91. The van der Waals surface area contributed by atoms with Crippen molar-refractivity contribution in [2.75, 3.05) is 13.7 Å². The van der Waals surface area contributed by atoms with Gasteiger partial charge in [-0.1, -0.05) is 46.3 Å². The molecule has 3 nitrogen and oxygen atoms in total. The summed E-state index contributed by atoms with van der Waals surface area (Å²) in [6.07, 6.45) is 0.328. The van der Waals surface area contributed by atoms with E-state index < -0.39 is 0 Å². The van der Waals surface area contributed by atoms with Gasteiger partial charge in [-0.25, -0.2) is 0 Å². The number of nitrogens with two attached hydrogens (primary N) is 1. The van der Waals surface area contributed by atoms with Crippen LogP contribution < -0.4 is 10.5 Å². The van der Waals surface area contributed by atoms with Gasteiger partial charge in [0, 0.05) is 17.4 Å². The molecule has 0 aromatic heterocycles. The van der Waals surface area contributed by atoms with Crippen LogP contribution in [0.15, 0.2) is 53.0 Å². The first-order chi connectivity index (χ1) is 10.2. The van der Waals surface area contributed by atoms with Crippen LogP contribution in [0.5, 0.6) is 5.75 Å². The number of hydrogen-bond acceptors (Lipinski definition) is 3. The Hall–Kier alpha value is -1.65. The Morgan fingerprint density at radius 2 is 1.95 bits per heavy atom. The lowest BCUT2D eigenvalue weighted by Gasteiger charge is -2.15. The number of methoxy groups -OCH3 is 1. The summed E-state index contributed by atoms with van der Waals surface area (Å²) in [7, 11) is 1.61. The Balaban J connectivity index is 2.20. The summed E-state index contributed by atoms with van der Waals surface area (Å²) in [4.78, 5) is 12.6. The zero-order valence-corrected chi connectivity index (χ0v) is 13.5. The molecule has 0 spiro atoms. The molecule has 110 valence electrons. The normalized spacial score (nSPS) is 12.0. The van der Waals surface area contributed by atoms with E-state index in [-0.39, 0.29) is 11.7 Å². The van der Waals surface area contributed by atoms with Crippen LogP contribution in [0.2, 0.25) is 0 Å². The lowest BCUT2D eigenvalue weighted by Crippen LogP contribution is -2.23. The van der Waals surface area contributed by atoms with Gasteiger partial charge in [0.25, 0.3) is 0 Å². The first-order valence-electron chi connectivity index (χ1n) is 6.76. The average Bonchev–Trinajstić information content (AvgIpc) is 2.51. The van der Waals surface area contributed by atoms with Crippen molar-refractivity contribution in [1.29, 1.82) is 0 Å². The van der Waals surface area contributed by atoms with E-state index in [1.165, 1.54) is 0 Å². The van der Waals surface area contributed by atoms with Gasteiger partial charge < -0.3 is 10.5 Å². The zero-order valence-electron chi connectivity index (χ0n) is 11.9. The zero-order chi connectivity index (χ0) is 15.2. The number of carbonyl (C=O) groups is 1. The van der Waals surface area contributed by atoms with Crippen LogP contribution >= 0.6 is 15.9 Å². The van der Waals surface area contributed by atoms with Crippen LogP contribution in [-0.2, 0) is 11.2 Å². The van der Waals surface area contributed by atoms with E-state index in [4.69, 9.17) is 10.5 Å². The van der Waals surface area contributed by atoms with E-state index in [9.17, 15) is 4.79 Å². The van der Waals surface area contributed by atoms with Gasteiger partial charge in [-0.15, -0.1) is 0 Å². The molecule has 4 heteroatoms. The predicted molar refractivity (Wildman–Crippen MR) is 87.6 cm³/mol. The molecule has 0 aliphatic carbocycles. The van der Waals surface area contributed by atoms with Gasteiger partial charge in [0.15, 0.2) is 0 Å². The van der Waals surface area contributed by atoms with Crippen LogP contribution in [-0.4, -0.2) is 19.4 Å². The van der Waals surface area contributed by atoms with Crippen LogP contribution in [0.3, 0.4) is 0 Å². The summed E-state index contributed by atoms with van der Waals surface area (Å²) < 4.78 is 6.11. The van der Waals surface area contributed by atoms with E-state index in [1.807, 2.05) is 48.5 Å². The predicted octanol–water partition coefficient (Wildman–Crippen LogP) is 3.31. The third kappa shape index (κ3) is 3.93. The number of halogens is 1. The summed E-state index contributed by atoms with van der Waals surface area (Å²) >= 11 is 3.48. The SMILES string of the molecule is COc1ccc(Br)c(CC(=O)C(CN)c2ccccc2)c1. The van der Waals surface area contributed by atoms with Crippen molar-refractivity contribution in [1.82, 2.24) is 0 Å². The van der Waals surface area contributed by atoms with Gasteiger partial charge in [-0.05, 0) is 29.3 Å². The molecule has 0 saturated carbocycles. The lowest BCUT2D eigenvalue weighted by molar-refractivity contribution is -0.119. The number of benzene rings is 2. The molecule has 0 amide bonds. The van der Waals surface area contributed by atoms with E-state index in [2.05, 4.69) is 15.9 Å². The monoisotopic (exact) mass is 347 g/mol. The summed E-state index contributed by atoms with van der Waals surface area (Å²) in [6, 6.07) is 15.3. The molecule has 0 fully saturated rings. The Morgan fingerprint density at radius 3 is 2.57 bits per heavy atom. The third-order valence-corrected chi connectivity index (χ3v) is 4.22. The van der Waals surface area contributed by atoms with E-state index in [0.29, 0.717) is 13.0 Å². The number of ether oxygens (including phenoxy) is 1. The highest BCUT2D eigenvalue weighted by Gasteiger charge is 2.20. The summed E-state index contributed by atoms with van der Waals surface area (Å²) in [5.41, 5.74) is 7.67. The molecule has 2 aromatic rings. The highest BCUT2D eigenvalue weighted by Crippen LogP contribution is 2.25.